The predicted molar refractivity (Wildman–Crippen MR) is 54.8 cm³/mol. The van der Waals surface area contributed by atoms with Gasteiger partial charge in [0.1, 0.15) is 0 Å². The highest BCUT2D eigenvalue weighted by Gasteiger charge is 2.08. The van der Waals surface area contributed by atoms with Crippen molar-refractivity contribution in [2.45, 2.75) is 23.6 Å². The summed E-state index contributed by atoms with van der Waals surface area (Å²) in [4.78, 5) is 14.0. The summed E-state index contributed by atoms with van der Waals surface area (Å²) >= 11 is 0.475. The second-order valence-electron chi connectivity index (χ2n) is 2.85. The van der Waals surface area contributed by atoms with Crippen LogP contribution in [0.4, 0.5) is 8.78 Å². The first kappa shape index (κ1) is 11.9. The fourth-order valence-electron chi connectivity index (χ4n) is 1.10. The van der Waals surface area contributed by atoms with Gasteiger partial charge in [0.15, 0.2) is 0 Å². The Hall–Kier alpha value is -1.19. The third-order valence-corrected chi connectivity index (χ3v) is 2.52. The standard InChI is InChI=1S/C10H9F2NOS/c1-7(13-6-14)8-3-2-4-9(5-8)15-10(11)12/h2-5,7,10H,1H3. The molecule has 2 nitrogen and oxygen atoms in total. The molecule has 0 bridgehead atoms. The van der Waals surface area contributed by atoms with Crippen molar-refractivity contribution in [2.24, 2.45) is 4.99 Å². The summed E-state index contributed by atoms with van der Waals surface area (Å²) in [6.45, 7) is 1.71. The van der Waals surface area contributed by atoms with Crippen LogP contribution in [0.2, 0.25) is 0 Å². The van der Waals surface area contributed by atoms with E-state index in [1.165, 1.54) is 6.08 Å². The summed E-state index contributed by atoms with van der Waals surface area (Å²) < 4.78 is 24.2. The molecule has 0 aliphatic carbocycles. The molecule has 0 saturated carbocycles. The molecule has 0 amide bonds. The Labute approximate surface area is 90.4 Å². The van der Waals surface area contributed by atoms with Crippen LogP contribution >= 0.6 is 11.8 Å². The summed E-state index contributed by atoms with van der Waals surface area (Å²) in [6.07, 6.45) is 1.45. The molecule has 5 heteroatoms. The molecular formula is C10H9F2NOS. The normalized spacial score (nSPS) is 12.3. The minimum atomic E-state index is -2.44. The van der Waals surface area contributed by atoms with Crippen LogP contribution in [-0.2, 0) is 4.79 Å². The molecular weight excluding hydrogens is 220 g/mol. The van der Waals surface area contributed by atoms with E-state index in [1.54, 1.807) is 31.2 Å². The van der Waals surface area contributed by atoms with Gasteiger partial charge < -0.3 is 0 Å². The average molecular weight is 229 g/mol. The lowest BCUT2D eigenvalue weighted by atomic mass is 10.1. The lowest BCUT2D eigenvalue weighted by Gasteiger charge is -2.06. The fourth-order valence-corrected chi connectivity index (χ4v) is 1.67. The molecule has 15 heavy (non-hydrogen) atoms. The van der Waals surface area contributed by atoms with Crippen LogP contribution in [0.15, 0.2) is 34.2 Å². The molecule has 0 aromatic heterocycles. The van der Waals surface area contributed by atoms with Crippen molar-refractivity contribution in [3.8, 4) is 0 Å². The van der Waals surface area contributed by atoms with Crippen LogP contribution in [0.3, 0.4) is 0 Å². The zero-order valence-electron chi connectivity index (χ0n) is 7.98. The zero-order chi connectivity index (χ0) is 11.3. The maximum absolute atomic E-state index is 12.1. The molecule has 0 heterocycles. The first-order valence-electron chi connectivity index (χ1n) is 4.25. The third kappa shape index (κ3) is 3.81. The minimum Gasteiger partial charge on any atom is -0.211 e. The molecule has 1 atom stereocenters. The van der Waals surface area contributed by atoms with Crippen molar-refractivity contribution in [2.75, 3.05) is 0 Å². The Morgan fingerprint density at radius 2 is 2.20 bits per heavy atom. The van der Waals surface area contributed by atoms with Gasteiger partial charge in [-0.3, -0.25) is 0 Å². The topological polar surface area (TPSA) is 29.4 Å². The molecule has 0 saturated heterocycles. The number of hydrogen-bond donors (Lipinski definition) is 0. The lowest BCUT2D eigenvalue weighted by Crippen LogP contribution is -1.90. The van der Waals surface area contributed by atoms with Crippen LogP contribution < -0.4 is 0 Å². The first-order chi connectivity index (χ1) is 7.13. The predicted octanol–water partition coefficient (Wildman–Crippen LogP) is 3.40. The van der Waals surface area contributed by atoms with Gasteiger partial charge in [0, 0.05) is 4.90 Å². The Morgan fingerprint density at radius 3 is 2.80 bits per heavy atom. The Morgan fingerprint density at radius 1 is 1.47 bits per heavy atom. The van der Waals surface area contributed by atoms with Gasteiger partial charge in [-0.2, -0.15) is 13.8 Å². The molecule has 0 aliphatic heterocycles. The molecule has 1 rings (SSSR count). The van der Waals surface area contributed by atoms with Crippen LogP contribution in [0.5, 0.6) is 0 Å². The maximum Gasteiger partial charge on any atom is 0.288 e. The molecule has 0 N–H and O–H groups in total. The SMILES string of the molecule is CC(N=C=O)c1cccc(SC(F)F)c1. The second-order valence-corrected chi connectivity index (χ2v) is 3.91. The summed E-state index contributed by atoms with van der Waals surface area (Å²) in [5.41, 5.74) is 0.726. The quantitative estimate of drug-likeness (QED) is 0.450. The number of isocyanates is 1. The summed E-state index contributed by atoms with van der Waals surface area (Å²) in [6, 6.07) is 6.25. The largest absolute Gasteiger partial charge is 0.288 e. The van der Waals surface area contributed by atoms with Gasteiger partial charge >= 0.3 is 0 Å². The Bertz CT molecular complexity index is 377. The fraction of sp³-hybridized carbons (Fsp3) is 0.300. The number of benzene rings is 1. The summed E-state index contributed by atoms with van der Waals surface area (Å²) in [5.74, 6) is -2.44. The third-order valence-electron chi connectivity index (χ3n) is 1.81. The molecule has 0 fully saturated rings. The number of alkyl halides is 2. The lowest BCUT2D eigenvalue weighted by molar-refractivity contribution is 0.252. The molecule has 80 valence electrons. The minimum absolute atomic E-state index is 0.347. The van der Waals surface area contributed by atoms with Gasteiger partial charge in [-0.05, 0) is 24.6 Å². The molecule has 1 aromatic carbocycles. The molecule has 1 unspecified atom stereocenters. The number of carbonyl (C=O) groups excluding carboxylic acids is 1. The number of hydrogen-bond acceptors (Lipinski definition) is 3. The smallest absolute Gasteiger partial charge is 0.211 e. The highest BCUT2D eigenvalue weighted by atomic mass is 32.2. The van der Waals surface area contributed by atoms with E-state index >= 15 is 0 Å². The second kappa shape index (κ2) is 5.63. The van der Waals surface area contributed by atoms with Crippen molar-refractivity contribution in [1.29, 1.82) is 0 Å². The monoisotopic (exact) mass is 229 g/mol. The van der Waals surface area contributed by atoms with Crippen molar-refractivity contribution in [1.82, 2.24) is 0 Å². The summed E-state index contributed by atoms with van der Waals surface area (Å²) in [7, 11) is 0. The van der Waals surface area contributed by atoms with Crippen molar-refractivity contribution in [3.63, 3.8) is 0 Å². The number of rotatable bonds is 4. The molecule has 0 aliphatic rings. The number of nitrogens with zero attached hydrogens (tertiary/aromatic N) is 1. The van der Waals surface area contributed by atoms with Crippen molar-refractivity contribution < 1.29 is 13.6 Å². The number of thioether (sulfide) groups is 1. The van der Waals surface area contributed by atoms with Gasteiger partial charge in [0.25, 0.3) is 5.76 Å². The van der Waals surface area contributed by atoms with E-state index in [9.17, 15) is 13.6 Å². The van der Waals surface area contributed by atoms with E-state index in [-0.39, 0.29) is 6.04 Å². The highest BCUT2D eigenvalue weighted by Crippen LogP contribution is 2.28. The van der Waals surface area contributed by atoms with Crippen LogP contribution in [0, 0.1) is 0 Å². The van der Waals surface area contributed by atoms with E-state index in [0.29, 0.717) is 16.7 Å². The van der Waals surface area contributed by atoms with Gasteiger partial charge in [-0.1, -0.05) is 23.9 Å². The zero-order valence-corrected chi connectivity index (χ0v) is 8.80. The number of aliphatic imine (C=N–C) groups is 1. The van der Waals surface area contributed by atoms with E-state index in [4.69, 9.17) is 0 Å². The molecule has 1 aromatic rings. The van der Waals surface area contributed by atoms with Crippen LogP contribution in [0.25, 0.3) is 0 Å². The van der Waals surface area contributed by atoms with Crippen molar-refractivity contribution in [3.05, 3.63) is 29.8 Å². The van der Waals surface area contributed by atoms with Gasteiger partial charge in [-0.15, -0.1) is 0 Å². The van der Waals surface area contributed by atoms with Gasteiger partial charge in [0.2, 0.25) is 6.08 Å². The highest BCUT2D eigenvalue weighted by molar-refractivity contribution is 7.99. The van der Waals surface area contributed by atoms with E-state index in [1.807, 2.05) is 0 Å². The van der Waals surface area contributed by atoms with E-state index < -0.39 is 5.76 Å². The Balaban J connectivity index is 2.86. The maximum atomic E-state index is 12.1. The van der Waals surface area contributed by atoms with E-state index in [0.717, 1.165) is 5.56 Å². The Kier molecular flexibility index (Phi) is 4.46. The van der Waals surface area contributed by atoms with Crippen molar-refractivity contribution >= 4 is 17.8 Å². The van der Waals surface area contributed by atoms with E-state index in [2.05, 4.69) is 4.99 Å². The summed E-state index contributed by atoms with van der Waals surface area (Å²) in [5, 5.41) is 0. The van der Waals surface area contributed by atoms with Gasteiger partial charge in [-0.25, -0.2) is 4.79 Å². The first-order valence-corrected chi connectivity index (χ1v) is 5.13. The average Bonchev–Trinajstić information content (AvgIpc) is 2.17. The van der Waals surface area contributed by atoms with Gasteiger partial charge in [0.05, 0.1) is 6.04 Å². The number of halogens is 2. The molecule has 0 spiro atoms. The van der Waals surface area contributed by atoms with Crippen LogP contribution in [-0.4, -0.2) is 11.8 Å². The molecule has 0 radical (unpaired) electrons. The van der Waals surface area contributed by atoms with Crippen LogP contribution in [0.1, 0.15) is 18.5 Å².